The second-order valence-electron chi connectivity index (χ2n) is 1.36. The standard InChI is InChI=1S/C4H9NO.4S/c1-3-6-4-2-5-1;;;;/h5H,1-4H2;;;;/q;4*-2. The third kappa shape index (κ3) is 12.0. The summed E-state index contributed by atoms with van der Waals surface area (Å²) in [5.41, 5.74) is 0. The van der Waals surface area contributed by atoms with Gasteiger partial charge in [-0.2, -0.15) is 0 Å². The molecule has 1 rings (SSSR count). The highest BCUT2D eigenvalue weighted by atomic mass is 32.1. The minimum absolute atomic E-state index is 0. The number of rotatable bonds is 0. The van der Waals surface area contributed by atoms with Crippen molar-refractivity contribution in [2.45, 2.75) is 0 Å². The lowest BCUT2D eigenvalue weighted by Gasteiger charge is -2.10. The third-order valence-corrected chi connectivity index (χ3v) is 0.846. The van der Waals surface area contributed by atoms with Crippen LogP contribution in [0.2, 0.25) is 0 Å². The molecule has 1 aliphatic heterocycles. The monoisotopic (exact) mass is 215 g/mol. The molecule has 0 bridgehead atoms. The van der Waals surface area contributed by atoms with E-state index in [0.717, 1.165) is 26.3 Å². The fraction of sp³-hybridized carbons (Fsp3) is 1.00. The van der Waals surface area contributed by atoms with Crippen LogP contribution in [0.15, 0.2) is 0 Å². The molecular weight excluding hydrogens is 206 g/mol. The van der Waals surface area contributed by atoms with Crippen LogP contribution in [-0.4, -0.2) is 26.3 Å². The van der Waals surface area contributed by atoms with Crippen molar-refractivity contribution >= 4 is 54.0 Å². The van der Waals surface area contributed by atoms with Crippen LogP contribution in [0, 0.1) is 0 Å². The van der Waals surface area contributed by atoms with Crippen LogP contribution < -0.4 is 5.32 Å². The average molecular weight is 215 g/mol. The number of morpholine rings is 1. The Morgan fingerprint density at radius 3 is 1.30 bits per heavy atom. The van der Waals surface area contributed by atoms with Crippen molar-refractivity contribution in [2.75, 3.05) is 26.3 Å². The molecular formula is C4H9NOS4-8. The van der Waals surface area contributed by atoms with Crippen LogP contribution in [0.5, 0.6) is 0 Å². The SMILES string of the molecule is C1COCCN1.[S-2].[S-2].[S-2].[S-2]. The highest BCUT2D eigenvalue weighted by Crippen LogP contribution is 1.76. The molecule has 1 fully saturated rings. The Morgan fingerprint density at radius 2 is 1.20 bits per heavy atom. The van der Waals surface area contributed by atoms with Gasteiger partial charge in [0.15, 0.2) is 0 Å². The van der Waals surface area contributed by atoms with E-state index in [-0.39, 0.29) is 54.0 Å². The molecule has 1 N–H and O–H groups in total. The predicted octanol–water partition coefficient (Wildman–Crippen LogP) is -0.403. The molecule has 0 amide bonds. The lowest BCUT2D eigenvalue weighted by Crippen LogP contribution is -2.30. The van der Waals surface area contributed by atoms with Crippen molar-refractivity contribution in [3.8, 4) is 0 Å². The number of hydrogen-bond acceptors (Lipinski definition) is 2. The molecule has 0 spiro atoms. The topological polar surface area (TPSA) is 21.3 Å². The lowest BCUT2D eigenvalue weighted by molar-refractivity contribution is 0.109. The van der Waals surface area contributed by atoms with Crippen molar-refractivity contribution < 1.29 is 4.74 Å². The van der Waals surface area contributed by atoms with Gasteiger partial charge in [0, 0.05) is 13.1 Å². The Kier molecular flexibility index (Phi) is 37.6. The maximum absolute atomic E-state index is 5.01. The van der Waals surface area contributed by atoms with Crippen LogP contribution in [0.25, 0.3) is 0 Å². The summed E-state index contributed by atoms with van der Waals surface area (Å²) in [5, 5.41) is 3.16. The fourth-order valence-electron chi connectivity index (χ4n) is 0.516. The molecule has 0 aromatic rings. The van der Waals surface area contributed by atoms with Gasteiger partial charge in [0.1, 0.15) is 0 Å². The molecule has 0 aromatic carbocycles. The zero-order valence-electron chi connectivity index (χ0n) is 5.37. The van der Waals surface area contributed by atoms with Crippen molar-refractivity contribution in [3.63, 3.8) is 0 Å². The highest BCUT2D eigenvalue weighted by Gasteiger charge is 1.92. The van der Waals surface area contributed by atoms with Crippen molar-refractivity contribution in [3.05, 3.63) is 0 Å². The van der Waals surface area contributed by atoms with E-state index in [9.17, 15) is 0 Å². The van der Waals surface area contributed by atoms with E-state index in [0.29, 0.717) is 0 Å². The molecule has 6 heteroatoms. The second-order valence-corrected chi connectivity index (χ2v) is 1.36. The summed E-state index contributed by atoms with van der Waals surface area (Å²) in [5.74, 6) is 0. The first kappa shape index (κ1) is 22.5. The van der Waals surface area contributed by atoms with E-state index in [1.165, 1.54) is 0 Å². The smallest absolute Gasteiger partial charge is 0.0591 e. The summed E-state index contributed by atoms with van der Waals surface area (Å²) in [4.78, 5) is 0. The Morgan fingerprint density at radius 1 is 0.800 bits per heavy atom. The predicted molar refractivity (Wildman–Crippen MR) is 53.1 cm³/mol. The molecule has 2 nitrogen and oxygen atoms in total. The lowest BCUT2D eigenvalue weighted by atomic mass is 10.5. The molecule has 1 saturated heterocycles. The van der Waals surface area contributed by atoms with Gasteiger partial charge in [0.2, 0.25) is 0 Å². The Labute approximate surface area is 90.3 Å². The van der Waals surface area contributed by atoms with E-state index in [2.05, 4.69) is 5.32 Å². The van der Waals surface area contributed by atoms with E-state index >= 15 is 0 Å². The zero-order chi connectivity index (χ0) is 4.24. The van der Waals surface area contributed by atoms with Crippen LogP contribution >= 0.6 is 0 Å². The zero-order valence-corrected chi connectivity index (χ0v) is 8.64. The third-order valence-electron chi connectivity index (χ3n) is 0.846. The summed E-state index contributed by atoms with van der Waals surface area (Å²) >= 11 is 0. The van der Waals surface area contributed by atoms with Gasteiger partial charge in [0.05, 0.1) is 13.2 Å². The van der Waals surface area contributed by atoms with E-state index < -0.39 is 0 Å². The molecule has 0 aliphatic carbocycles. The van der Waals surface area contributed by atoms with E-state index in [1.807, 2.05) is 0 Å². The van der Waals surface area contributed by atoms with E-state index in [4.69, 9.17) is 4.74 Å². The van der Waals surface area contributed by atoms with Crippen LogP contribution in [0.4, 0.5) is 0 Å². The van der Waals surface area contributed by atoms with Crippen molar-refractivity contribution in [1.29, 1.82) is 0 Å². The minimum Gasteiger partial charge on any atom is -2.00 e. The molecule has 1 heterocycles. The Hall–Kier alpha value is 1.32. The first-order valence-electron chi connectivity index (χ1n) is 2.28. The van der Waals surface area contributed by atoms with Gasteiger partial charge in [-0.15, -0.1) is 0 Å². The maximum atomic E-state index is 5.01. The first-order chi connectivity index (χ1) is 3.00. The summed E-state index contributed by atoms with van der Waals surface area (Å²) in [6.45, 7) is 3.83. The van der Waals surface area contributed by atoms with Gasteiger partial charge >= 0.3 is 0 Å². The van der Waals surface area contributed by atoms with Gasteiger partial charge < -0.3 is 64.0 Å². The van der Waals surface area contributed by atoms with Crippen LogP contribution in [0.3, 0.4) is 0 Å². The van der Waals surface area contributed by atoms with Gasteiger partial charge in [0.25, 0.3) is 0 Å². The second kappa shape index (κ2) is 16.7. The Bertz CT molecular complexity index is 32.7. The first-order valence-corrected chi connectivity index (χ1v) is 2.28. The maximum Gasteiger partial charge on any atom is 0.0591 e. The normalized spacial score (nSPS) is 14.4. The summed E-state index contributed by atoms with van der Waals surface area (Å²) in [6.07, 6.45) is 0. The molecule has 0 aromatic heterocycles. The highest BCUT2D eigenvalue weighted by molar-refractivity contribution is 7.37. The molecule has 10 heavy (non-hydrogen) atoms. The van der Waals surface area contributed by atoms with E-state index in [1.54, 1.807) is 0 Å². The van der Waals surface area contributed by atoms with Gasteiger partial charge in [-0.25, -0.2) is 0 Å². The number of nitrogens with one attached hydrogen (secondary N) is 1. The quantitative estimate of drug-likeness (QED) is 0.593. The summed E-state index contributed by atoms with van der Waals surface area (Å²) in [6, 6.07) is 0. The van der Waals surface area contributed by atoms with Gasteiger partial charge in [-0.05, 0) is 0 Å². The fourth-order valence-corrected chi connectivity index (χ4v) is 0.516. The molecule has 68 valence electrons. The molecule has 1 aliphatic rings. The molecule has 0 saturated carbocycles. The molecule has 0 atom stereocenters. The van der Waals surface area contributed by atoms with Crippen LogP contribution in [-0.2, 0) is 58.7 Å². The summed E-state index contributed by atoms with van der Waals surface area (Å²) < 4.78 is 5.01. The largest absolute Gasteiger partial charge is 2.00 e. The Balaban J connectivity index is -0.0000000450. The molecule has 0 unspecified atom stereocenters. The van der Waals surface area contributed by atoms with Crippen molar-refractivity contribution in [2.24, 2.45) is 0 Å². The van der Waals surface area contributed by atoms with Gasteiger partial charge in [-0.3, -0.25) is 0 Å². The van der Waals surface area contributed by atoms with Gasteiger partial charge in [-0.1, -0.05) is 0 Å². The average Bonchev–Trinajstić information content (AvgIpc) is 1.72. The van der Waals surface area contributed by atoms with Crippen molar-refractivity contribution in [1.82, 2.24) is 5.32 Å². The number of hydrogen-bond donors (Lipinski definition) is 1. The minimum atomic E-state index is 0. The summed E-state index contributed by atoms with van der Waals surface area (Å²) in [7, 11) is 0. The molecule has 0 radical (unpaired) electrons. The number of ether oxygens (including phenoxy) is 1. The van der Waals surface area contributed by atoms with Crippen LogP contribution in [0.1, 0.15) is 0 Å².